The highest BCUT2D eigenvalue weighted by Gasteiger charge is 2.38. The zero-order valence-electron chi connectivity index (χ0n) is 32.3. The molecule has 8 aromatic rings. The van der Waals surface area contributed by atoms with E-state index >= 15 is 0 Å². The van der Waals surface area contributed by atoms with Gasteiger partial charge in [0.1, 0.15) is 12.0 Å². The van der Waals surface area contributed by atoms with Gasteiger partial charge in [-0.1, -0.05) is 155 Å². The topological polar surface area (TPSA) is 58.8 Å². The number of para-hydroxylation sites is 1. The molecule has 0 spiro atoms. The second-order valence-electron chi connectivity index (χ2n) is 16.6. The molecule has 2 heterocycles. The molecular weight excluding hydrogens is 697 g/mol. The maximum atomic E-state index is 14.1. The highest BCUT2D eigenvalue weighted by molar-refractivity contribution is 6.16. The highest BCUT2D eigenvalue weighted by atomic mass is 16.1. The first-order valence-electron chi connectivity index (χ1n) is 19.7. The van der Waals surface area contributed by atoms with Gasteiger partial charge in [0.25, 0.3) is 5.56 Å². The van der Waals surface area contributed by atoms with Crippen molar-refractivity contribution in [1.29, 1.82) is 0 Å². The van der Waals surface area contributed by atoms with Crippen LogP contribution in [0.15, 0.2) is 173 Å². The SMILES string of the molecule is CC1(C)c2ccccc2-c2ccc(C3=NC(c4cccc5c4-c4ccccc4C5(C)C)=NC(c4ccc(-n5c(=O)c6ccccc6c6ccccc65)cc4)N3)cc21. The Labute approximate surface area is 331 Å². The van der Waals surface area contributed by atoms with E-state index in [1.54, 1.807) is 0 Å². The summed E-state index contributed by atoms with van der Waals surface area (Å²) in [5.41, 5.74) is 14.6. The molecule has 274 valence electrons. The van der Waals surface area contributed by atoms with Crippen LogP contribution in [-0.2, 0) is 10.8 Å². The number of rotatable bonds is 4. The van der Waals surface area contributed by atoms with E-state index < -0.39 is 6.17 Å². The van der Waals surface area contributed by atoms with Gasteiger partial charge in [-0.2, -0.15) is 0 Å². The summed E-state index contributed by atoms with van der Waals surface area (Å²) in [7, 11) is 0. The van der Waals surface area contributed by atoms with Crippen molar-refractivity contribution in [2.75, 3.05) is 0 Å². The minimum atomic E-state index is -0.425. The minimum absolute atomic E-state index is 0.0367. The third-order valence-corrected chi connectivity index (χ3v) is 12.7. The standard InChI is InChI=1S/C52H40N4O/c1-51(2)42-21-11-8-18-39(42)46-40(19-13-22-43(46)51)49-54-47(53-48(55-49)32-26-29-36-35-15-7-10-20-41(35)52(3,4)44(36)30-32)31-24-27-33(28-25-31)56-45-23-12-9-16-37(45)34-14-5-6-17-38(34)50(56)57/h5-30,47H,1-4H3,(H,53,54,55). The molecule has 0 radical (unpaired) electrons. The maximum absolute atomic E-state index is 14.1. The monoisotopic (exact) mass is 736 g/mol. The van der Waals surface area contributed by atoms with Crippen molar-refractivity contribution in [1.82, 2.24) is 9.88 Å². The number of fused-ring (bicyclic) bond motifs is 9. The van der Waals surface area contributed by atoms with Crippen molar-refractivity contribution >= 4 is 33.3 Å². The first-order valence-corrected chi connectivity index (χ1v) is 19.7. The molecule has 1 atom stereocenters. The van der Waals surface area contributed by atoms with Crippen molar-refractivity contribution in [2.45, 2.75) is 44.7 Å². The number of pyridine rings is 1. The van der Waals surface area contributed by atoms with Crippen molar-refractivity contribution in [3.05, 3.63) is 207 Å². The summed E-state index contributed by atoms with van der Waals surface area (Å²) in [6.07, 6.45) is -0.425. The van der Waals surface area contributed by atoms with Crippen LogP contribution in [0.25, 0.3) is 49.6 Å². The van der Waals surface area contributed by atoms with Gasteiger partial charge in [0.15, 0.2) is 5.84 Å². The Hall–Kier alpha value is -6.85. The number of aliphatic imine (C=N–C) groups is 2. The summed E-state index contributed by atoms with van der Waals surface area (Å²) >= 11 is 0. The number of amidine groups is 2. The molecule has 5 nitrogen and oxygen atoms in total. The zero-order chi connectivity index (χ0) is 38.6. The Balaban J connectivity index is 1.06. The van der Waals surface area contributed by atoms with Gasteiger partial charge in [-0.15, -0.1) is 0 Å². The van der Waals surface area contributed by atoms with E-state index in [0.717, 1.165) is 44.5 Å². The lowest BCUT2D eigenvalue weighted by molar-refractivity contribution is 0.658. The van der Waals surface area contributed by atoms with Crippen LogP contribution in [0.1, 0.15) is 72.8 Å². The second-order valence-corrected chi connectivity index (χ2v) is 16.6. The molecule has 1 aliphatic heterocycles. The van der Waals surface area contributed by atoms with Gasteiger partial charge in [-0.05, 0) is 85.8 Å². The quantitative estimate of drug-likeness (QED) is 0.183. The Morgan fingerprint density at radius 2 is 1.14 bits per heavy atom. The molecular formula is C52H40N4O. The Morgan fingerprint density at radius 3 is 1.93 bits per heavy atom. The molecule has 3 aliphatic rings. The smallest absolute Gasteiger partial charge is 0.263 e. The van der Waals surface area contributed by atoms with E-state index in [1.165, 1.54) is 44.5 Å². The van der Waals surface area contributed by atoms with E-state index in [4.69, 9.17) is 9.98 Å². The van der Waals surface area contributed by atoms with Gasteiger partial charge in [0, 0.05) is 38.4 Å². The Bertz CT molecular complexity index is 3130. The molecule has 0 fully saturated rings. The first kappa shape index (κ1) is 33.5. The molecule has 1 N–H and O–H groups in total. The summed E-state index contributed by atoms with van der Waals surface area (Å²) in [4.78, 5) is 24.8. The molecule has 2 aliphatic carbocycles. The predicted octanol–water partition coefficient (Wildman–Crippen LogP) is 11.3. The normalized spacial score (nSPS) is 16.9. The van der Waals surface area contributed by atoms with Crippen molar-refractivity contribution < 1.29 is 0 Å². The maximum Gasteiger partial charge on any atom is 0.263 e. The summed E-state index contributed by atoms with van der Waals surface area (Å²) in [6.45, 7) is 9.23. The molecule has 0 amide bonds. The lowest BCUT2D eigenvalue weighted by atomic mass is 9.82. The molecule has 5 heteroatoms. The summed E-state index contributed by atoms with van der Waals surface area (Å²) in [5, 5.41) is 6.45. The molecule has 1 aromatic heterocycles. The van der Waals surface area contributed by atoms with Crippen LogP contribution in [0.3, 0.4) is 0 Å². The zero-order valence-corrected chi connectivity index (χ0v) is 32.3. The summed E-state index contributed by atoms with van der Waals surface area (Å²) < 4.78 is 1.83. The lowest BCUT2D eigenvalue weighted by Crippen LogP contribution is -2.34. The average molecular weight is 737 g/mol. The first-order chi connectivity index (χ1) is 27.7. The van der Waals surface area contributed by atoms with Crippen LogP contribution in [0, 0.1) is 0 Å². The predicted molar refractivity (Wildman–Crippen MR) is 234 cm³/mol. The molecule has 0 saturated carbocycles. The largest absolute Gasteiger partial charge is 0.344 e. The lowest BCUT2D eigenvalue weighted by Gasteiger charge is -2.26. The van der Waals surface area contributed by atoms with Crippen LogP contribution in [0.5, 0.6) is 0 Å². The number of benzene rings is 7. The molecule has 7 aromatic carbocycles. The number of nitrogens with one attached hydrogen (secondary N) is 1. The van der Waals surface area contributed by atoms with Crippen LogP contribution in [0.4, 0.5) is 0 Å². The molecule has 1 unspecified atom stereocenters. The van der Waals surface area contributed by atoms with Crippen LogP contribution in [0.2, 0.25) is 0 Å². The highest BCUT2D eigenvalue weighted by Crippen LogP contribution is 2.51. The van der Waals surface area contributed by atoms with Gasteiger partial charge >= 0.3 is 0 Å². The number of nitrogens with zero attached hydrogens (tertiary/aromatic N) is 3. The van der Waals surface area contributed by atoms with E-state index in [1.807, 2.05) is 59.2 Å². The fourth-order valence-electron chi connectivity index (χ4n) is 9.77. The van der Waals surface area contributed by atoms with Gasteiger partial charge < -0.3 is 5.32 Å². The Morgan fingerprint density at radius 1 is 0.544 bits per heavy atom. The minimum Gasteiger partial charge on any atom is -0.344 e. The van der Waals surface area contributed by atoms with Crippen LogP contribution < -0.4 is 10.9 Å². The number of aromatic nitrogens is 1. The van der Waals surface area contributed by atoms with Gasteiger partial charge in [-0.25, -0.2) is 9.98 Å². The molecule has 57 heavy (non-hydrogen) atoms. The van der Waals surface area contributed by atoms with Crippen LogP contribution >= 0.6 is 0 Å². The molecule has 0 saturated heterocycles. The Kier molecular flexibility index (Phi) is 7.09. The third kappa shape index (κ3) is 4.85. The van der Waals surface area contributed by atoms with E-state index in [2.05, 4.69) is 136 Å². The van der Waals surface area contributed by atoms with Gasteiger partial charge in [-0.3, -0.25) is 9.36 Å². The van der Waals surface area contributed by atoms with E-state index in [-0.39, 0.29) is 16.4 Å². The van der Waals surface area contributed by atoms with Crippen molar-refractivity contribution in [3.63, 3.8) is 0 Å². The van der Waals surface area contributed by atoms with Crippen molar-refractivity contribution in [2.24, 2.45) is 9.98 Å². The number of hydrogen-bond donors (Lipinski definition) is 1. The van der Waals surface area contributed by atoms with Gasteiger partial charge in [0.05, 0.1) is 5.52 Å². The fourth-order valence-corrected chi connectivity index (χ4v) is 9.77. The van der Waals surface area contributed by atoms with Gasteiger partial charge in [0.2, 0.25) is 0 Å². The van der Waals surface area contributed by atoms with E-state index in [9.17, 15) is 4.79 Å². The van der Waals surface area contributed by atoms with E-state index in [0.29, 0.717) is 11.2 Å². The second kappa shape index (κ2) is 12.1. The third-order valence-electron chi connectivity index (χ3n) is 12.7. The molecule has 11 rings (SSSR count). The average Bonchev–Trinajstić information content (AvgIpc) is 3.63. The summed E-state index contributed by atoms with van der Waals surface area (Å²) in [6, 6.07) is 55.0. The van der Waals surface area contributed by atoms with Crippen molar-refractivity contribution in [3.8, 4) is 27.9 Å². The van der Waals surface area contributed by atoms with Crippen LogP contribution in [-0.4, -0.2) is 16.2 Å². The molecule has 0 bridgehead atoms. The summed E-state index contributed by atoms with van der Waals surface area (Å²) in [5.74, 6) is 1.48. The number of hydrogen-bond acceptors (Lipinski definition) is 4. The fraction of sp³-hybridized carbons (Fsp3) is 0.135.